The van der Waals surface area contributed by atoms with E-state index in [4.69, 9.17) is 16.3 Å². The smallest absolute Gasteiger partial charge is 0.322 e. The molecule has 1 atom stereocenters. The molecule has 1 aliphatic heterocycles. The molecule has 0 spiro atoms. The topological polar surface area (TPSA) is 84.7 Å². The maximum absolute atomic E-state index is 12.6. The first-order valence-corrected chi connectivity index (χ1v) is 9.06. The van der Waals surface area contributed by atoms with E-state index in [1.54, 1.807) is 23.1 Å². The van der Waals surface area contributed by atoms with Crippen LogP contribution >= 0.6 is 11.6 Å². The lowest BCUT2D eigenvalue weighted by Gasteiger charge is -2.33. The Balaban J connectivity index is 1.72. The quantitative estimate of drug-likeness (QED) is 0.619. The molecule has 0 saturated carbocycles. The monoisotopic (exact) mass is 389 g/mol. The number of carbonyl (C=O) groups is 1. The number of anilines is 1. The first-order chi connectivity index (χ1) is 13.0. The SMILES string of the molecule is CCc1ccc(NC(=O)N2CCOC(c3ccccc3Cl)C2)cc1[N+](=O)[O-]. The fourth-order valence-electron chi connectivity index (χ4n) is 3.07. The Kier molecular flexibility index (Phi) is 5.93. The second-order valence-corrected chi connectivity index (χ2v) is 6.62. The van der Waals surface area contributed by atoms with Crippen LogP contribution in [0.2, 0.25) is 5.02 Å². The standard InChI is InChI=1S/C19H20ClN3O4/c1-2-13-7-8-14(11-17(13)23(25)26)21-19(24)22-9-10-27-18(12-22)15-5-3-4-6-16(15)20/h3-8,11,18H,2,9-10,12H2,1H3,(H,21,24). The predicted molar refractivity (Wildman–Crippen MR) is 103 cm³/mol. The summed E-state index contributed by atoms with van der Waals surface area (Å²) in [5.74, 6) is 0. The van der Waals surface area contributed by atoms with Crippen LogP contribution in [0.5, 0.6) is 0 Å². The van der Waals surface area contributed by atoms with Crippen molar-refractivity contribution in [3.8, 4) is 0 Å². The van der Waals surface area contributed by atoms with E-state index in [9.17, 15) is 14.9 Å². The van der Waals surface area contributed by atoms with Gasteiger partial charge in [0.25, 0.3) is 5.69 Å². The molecule has 27 heavy (non-hydrogen) atoms. The fourth-order valence-corrected chi connectivity index (χ4v) is 3.33. The molecule has 0 aliphatic carbocycles. The van der Waals surface area contributed by atoms with Crippen molar-refractivity contribution in [3.05, 3.63) is 68.7 Å². The van der Waals surface area contributed by atoms with Crippen LogP contribution < -0.4 is 5.32 Å². The van der Waals surface area contributed by atoms with Gasteiger partial charge in [0.2, 0.25) is 0 Å². The number of nitrogens with one attached hydrogen (secondary N) is 1. The summed E-state index contributed by atoms with van der Waals surface area (Å²) in [6, 6.07) is 11.8. The summed E-state index contributed by atoms with van der Waals surface area (Å²) in [6.45, 7) is 3.02. The lowest BCUT2D eigenvalue weighted by atomic mass is 10.1. The van der Waals surface area contributed by atoms with Crippen LogP contribution in [0, 0.1) is 10.1 Å². The summed E-state index contributed by atoms with van der Waals surface area (Å²) in [6.07, 6.45) is 0.239. The first-order valence-electron chi connectivity index (χ1n) is 8.69. The van der Waals surface area contributed by atoms with Crippen LogP contribution in [-0.2, 0) is 11.2 Å². The Morgan fingerprint density at radius 3 is 2.85 bits per heavy atom. The molecule has 1 aliphatic rings. The van der Waals surface area contributed by atoms with Crippen molar-refractivity contribution < 1.29 is 14.5 Å². The number of urea groups is 1. The van der Waals surface area contributed by atoms with E-state index in [1.165, 1.54) is 6.07 Å². The number of aryl methyl sites for hydroxylation is 1. The van der Waals surface area contributed by atoms with Gasteiger partial charge < -0.3 is 15.0 Å². The lowest BCUT2D eigenvalue weighted by Crippen LogP contribution is -2.44. The highest BCUT2D eigenvalue weighted by Gasteiger charge is 2.27. The van der Waals surface area contributed by atoms with E-state index in [-0.39, 0.29) is 17.8 Å². The van der Waals surface area contributed by atoms with E-state index >= 15 is 0 Å². The zero-order valence-electron chi connectivity index (χ0n) is 14.9. The van der Waals surface area contributed by atoms with Gasteiger partial charge in [-0.1, -0.05) is 42.8 Å². The van der Waals surface area contributed by atoms with Gasteiger partial charge in [0.05, 0.1) is 18.1 Å². The van der Waals surface area contributed by atoms with Gasteiger partial charge in [-0.15, -0.1) is 0 Å². The second-order valence-electron chi connectivity index (χ2n) is 6.21. The van der Waals surface area contributed by atoms with Crippen molar-refractivity contribution >= 4 is 29.0 Å². The molecule has 7 nitrogen and oxygen atoms in total. The number of rotatable bonds is 4. The molecule has 3 rings (SSSR count). The van der Waals surface area contributed by atoms with Crippen molar-refractivity contribution in [2.75, 3.05) is 25.0 Å². The molecule has 2 aromatic carbocycles. The lowest BCUT2D eigenvalue weighted by molar-refractivity contribution is -0.385. The molecule has 0 bridgehead atoms. The van der Waals surface area contributed by atoms with Crippen molar-refractivity contribution in [2.24, 2.45) is 0 Å². The van der Waals surface area contributed by atoms with E-state index < -0.39 is 4.92 Å². The molecule has 1 N–H and O–H groups in total. The van der Waals surface area contributed by atoms with Gasteiger partial charge >= 0.3 is 6.03 Å². The van der Waals surface area contributed by atoms with Gasteiger partial charge in [0.15, 0.2) is 0 Å². The predicted octanol–water partition coefficient (Wildman–Crippen LogP) is 4.42. The van der Waals surface area contributed by atoms with Crippen LogP contribution in [0.1, 0.15) is 24.2 Å². The molecule has 1 saturated heterocycles. The average molecular weight is 390 g/mol. The number of amides is 2. The van der Waals surface area contributed by atoms with E-state index in [0.29, 0.717) is 42.4 Å². The van der Waals surface area contributed by atoms with Gasteiger partial charge in [0.1, 0.15) is 6.10 Å². The minimum Gasteiger partial charge on any atom is -0.370 e. The highest BCUT2D eigenvalue weighted by atomic mass is 35.5. The number of nitro groups is 1. The highest BCUT2D eigenvalue weighted by Crippen LogP contribution is 2.29. The third-order valence-electron chi connectivity index (χ3n) is 4.52. The molecule has 142 valence electrons. The minimum atomic E-state index is -0.434. The summed E-state index contributed by atoms with van der Waals surface area (Å²) < 4.78 is 5.76. The number of hydrogen-bond donors (Lipinski definition) is 1. The van der Waals surface area contributed by atoms with Crippen LogP contribution in [-0.4, -0.2) is 35.6 Å². The molecule has 1 heterocycles. The zero-order valence-corrected chi connectivity index (χ0v) is 15.6. The number of hydrogen-bond acceptors (Lipinski definition) is 4. The van der Waals surface area contributed by atoms with Crippen LogP contribution in [0.25, 0.3) is 0 Å². The van der Waals surface area contributed by atoms with Gasteiger partial charge in [-0.3, -0.25) is 10.1 Å². The number of morpholine rings is 1. The maximum Gasteiger partial charge on any atom is 0.322 e. The van der Waals surface area contributed by atoms with E-state index in [2.05, 4.69) is 5.32 Å². The Labute approximate surface area is 162 Å². The normalized spacial score (nSPS) is 16.8. The van der Waals surface area contributed by atoms with Crippen molar-refractivity contribution in [1.29, 1.82) is 0 Å². The Morgan fingerprint density at radius 2 is 2.15 bits per heavy atom. The van der Waals surface area contributed by atoms with E-state index in [0.717, 1.165) is 5.56 Å². The highest BCUT2D eigenvalue weighted by molar-refractivity contribution is 6.31. The summed E-state index contributed by atoms with van der Waals surface area (Å²) in [7, 11) is 0. The van der Waals surface area contributed by atoms with Crippen LogP contribution in [0.15, 0.2) is 42.5 Å². The number of halogens is 1. The van der Waals surface area contributed by atoms with Crippen LogP contribution in [0.3, 0.4) is 0 Å². The summed E-state index contributed by atoms with van der Waals surface area (Å²) in [5.41, 5.74) is 1.86. The summed E-state index contributed by atoms with van der Waals surface area (Å²) in [4.78, 5) is 25.0. The van der Waals surface area contributed by atoms with Crippen molar-refractivity contribution in [2.45, 2.75) is 19.4 Å². The fraction of sp³-hybridized carbons (Fsp3) is 0.316. The largest absolute Gasteiger partial charge is 0.370 e. The Morgan fingerprint density at radius 1 is 1.37 bits per heavy atom. The molecular weight excluding hydrogens is 370 g/mol. The molecule has 1 fully saturated rings. The molecule has 2 aromatic rings. The Bertz CT molecular complexity index is 859. The van der Waals surface area contributed by atoms with Crippen LogP contribution in [0.4, 0.5) is 16.2 Å². The third-order valence-corrected chi connectivity index (χ3v) is 4.86. The minimum absolute atomic E-state index is 0.00576. The zero-order chi connectivity index (χ0) is 19.4. The molecule has 2 amide bonds. The molecule has 0 radical (unpaired) electrons. The summed E-state index contributed by atoms with van der Waals surface area (Å²) >= 11 is 6.23. The molecule has 8 heteroatoms. The first kappa shape index (κ1) is 19.1. The summed E-state index contributed by atoms with van der Waals surface area (Å²) in [5, 5.41) is 14.5. The number of benzene rings is 2. The van der Waals surface area contributed by atoms with Gasteiger partial charge in [-0.2, -0.15) is 0 Å². The average Bonchev–Trinajstić information content (AvgIpc) is 2.68. The van der Waals surface area contributed by atoms with Crippen molar-refractivity contribution in [3.63, 3.8) is 0 Å². The Hall–Kier alpha value is -2.64. The molecule has 1 unspecified atom stereocenters. The molecular formula is C19H20ClN3O4. The van der Waals surface area contributed by atoms with E-state index in [1.807, 2.05) is 25.1 Å². The number of nitro benzene ring substituents is 1. The van der Waals surface area contributed by atoms with Gasteiger partial charge in [0, 0.05) is 34.4 Å². The van der Waals surface area contributed by atoms with Gasteiger partial charge in [-0.05, 0) is 18.6 Å². The van der Waals surface area contributed by atoms with Gasteiger partial charge in [-0.25, -0.2) is 4.79 Å². The third kappa shape index (κ3) is 4.37. The second kappa shape index (κ2) is 8.37. The number of carbonyl (C=O) groups excluding carboxylic acids is 1. The van der Waals surface area contributed by atoms with Crippen molar-refractivity contribution in [1.82, 2.24) is 4.90 Å². The number of ether oxygens (including phenoxy) is 1. The number of nitrogens with zero attached hydrogens (tertiary/aromatic N) is 2. The molecule has 0 aromatic heterocycles. The maximum atomic E-state index is 12.6.